The molecular weight excluding hydrogens is 328 g/mol. The van der Waals surface area contributed by atoms with Crippen molar-refractivity contribution >= 4 is 5.91 Å². The monoisotopic (exact) mass is 350 g/mol. The number of aromatic nitrogens is 1. The van der Waals surface area contributed by atoms with Crippen LogP contribution in [0.25, 0.3) is 22.8 Å². The third kappa shape index (κ3) is 3.77. The molecular formula is C21H22N2O3. The first-order valence-corrected chi connectivity index (χ1v) is 8.63. The second-order valence-electron chi connectivity index (χ2n) is 6.09. The number of methoxy groups -OCH3 is 1. The van der Waals surface area contributed by atoms with E-state index < -0.39 is 0 Å². The lowest BCUT2D eigenvalue weighted by Gasteiger charge is -2.12. The van der Waals surface area contributed by atoms with Gasteiger partial charge in [-0.05, 0) is 49.7 Å². The largest absolute Gasteiger partial charge is 0.497 e. The van der Waals surface area contributed by atoms with Crippen molar-refractivity contribution in [2.75, 3.05) is 7.11 Å². The lowest BCUT2D eigenvalue weighted by atomic mass is 10.1. The molecule has 0 aliphatic carbocycles. The van der Waals surface area contributed by atoms with Crippen molar-refractivity contribution in [3.05, 3.63) is 60.3 Å². The topological polar surface area (TPSA) is 64.4 Å². The number of hydrogen-bond donors (Lipinski definition) is 1. The number of nitrogens with zero attached hydrogens (tertiary/aromatic N) is 1. The molecule has 0 aliphatic heterocycles. The second-order valence-corrected chi connectivity index (χ2v) is 6.09. The molecule has 5 nitrogen and oxygen atoms in total. The average molecular weight is 350 g/mol. The van der Waals surface area contributed by atoms with Gasteiger partial charge in [0.15, 0.2) is 5.76 Å². The van der Waals surface area contributed by atoms with Crippen molar-refractivity contribution in [2.45, 2.75) is 26.3 Å². The minimum absolute atomic E-state index is 0.106. The summed E-state index contributed by atoms with van der Waals surface area (Å²) >= 11 is 0. The van der Waals surface area contributed by atoms with E-state index in [1.165, 1.54) is 0 Å². The summed E-state index contributed by atoms with van der Waals surface area (Å²) in [5.41, 5.74) is 2.12. The fourth-order valence-corrected chi connectivity index (χ4v) is 2.56. The minimum atomic E-state index is -0.126. The Morgan fingerprint density at radius 1 is 1.19 bits per heavy atom. The van der Waals surface area contributed by atoms with Gasteiger partial charge < -0.3 is 14.5 Å². The molecule has 1 atom stereocenters. The van der Waals surface area contributed by atoms with E-state index in [0.717, 1.165) is 17.7 Å². The Morgan fingerprint density at radius 3 is 2.62 bits per heavy atom. The van der Waals surface area contributed by atoms with E-state index in [4.69, 9.17) is 9.15 Å². The molecule has 1 amide bonds. The van der Waals surface area contributed by atoms with Gasteiger partial charge in [0.1, 0.15) is 5.75 Å². The standard InChI is InChI=1S/C21H22N2O3/c1-4-14(2)23-20(24)17-7-5-6-8-18(17)21-22-13-19(26-21)15-9-11-16(25-3)12-10-15/h5-14H,4H2,1-3H3,(H,23,24)/t14-/m1/s1. The Hall–Kier alpha value is -3.08. The van der Waals surface area contributed by atoms with Gasteiger partial charge in [0.2, 0.25) is 5.89 Å². The maximum absolute atomic E-state index is 12.6. The van der Waals surface area contributed by atoms with Crippen LogP contribution in [0.15, 0.2) is 59.1 Å². The highest BCUT2D eigenvalue weighted by Crippen LogP contribution is 2.29. The normalized spacial score (nSPS) is 11.8. The van der Waals surface area contributed by atoms with Crippen molar-refractivity contribution in [2.24, 2.45) is 0 Å². The Bertz CT molecular complexity index is 884. The van der Waals surface area contributed by atoms with Crippen LogP contribution in [0.1, 0.15) is 30.6 Å². The first-order valence-electron chi connectivity index (χ1n) is 8.63. The molecule has 1 heterocycles. The van der Waals surface area contributed by atoms with E-state index in [-0.39, 0.29) is 11.9 Å². The van der Waals surface area contributed by atoms with Crippen LogP contribution in [0.3, 0.4) is 0 Å². The van der Waals surface area contributed by atoms with Crippen LogP contribution in [0.2, 0.25) is 0 Å². The van der Waals surface area contributed by atoms with Gasteiger partial charge in [0, 0.05) is 17.2 Å². The maximum Gasteiger partial charge on any atom is 0.252 e. The Kier molecular flexibility index (Phi) is 5.37. The van der Waals surface area contributed by atoms with Crippen molar-refractivity contribution in [1.29, 1.82) is 0 Å². The molecule has 0 unspecified atom stereocenters. The van der Waals surface area contributed by atoms with Crippen LogP contribution in [-0.4, -0.2) is 24.0 Å². The molecule has 3 aromatic rings. The summed E-state index contributed by atoms with van der Waals surface area (Å²) in [5.74, 6) is 1.71. The third-order valence-corrected chi connectivity index (χ3v) is 4.27. The first-order chi connectivity index (χ1) is 12.6. The molecule has 0 bridgehead atoms. The Balaban J connectivity index is 1.90. The van der Waals surface area contributed by atoms with Crippen molar-refractivity contribution in [3.8, 4) is 28.5 Å². The molecule has 0 saturated heterocycles. The summed E-state index contributed by atoms with van der Waals surface area (Å²) in [6.07, 6.45) is 2.54. The van der Waals surface area contributed by atoms with Gasteiger partial charge in [0.25, 0.3) is 5.91 Å². The molecule has 2 aromatic carbocycles. The van der Waals surface area contributed by atoms with E-state index >= 15 is 0 Å². The van der Waals surface area contributed by atoms with Crippen molar-refractivity contribution in [1.82, 2.24) is 10.3 Å². The predicted octanol–water partition coefficient (Wildman–Crippen LogP) is 4.55. The SMILES string of the molecule is CC[C@@H](C)NC(=O)c1ccccc1-c1ncc(-c2ccc(OC)cc2)o1. The van der Waals surface area contributed by atoms with Gasteiger partial charge in [-0.15, -0.1) is 0 Å². The van der Waals surface area contributed by atoms with Crippen LogP contribution < -0.4 is 10.1 Å². The van der Waals surface area contributed by atoms with Gasteiger partial charge in [0.05, 0.1) is 18.9 Å². The van der Waals surface area contributed by atoms with Gasteiger partial charge in [-0.3, -0.25) is 4.79 Å². The van der Waals surface area contributed by atoms with Gasteiger partial charge in [-0.1, -0.05) is 19.1 Å². The number of nitrogens with one attached hydrogen (secondary N) is 1. The van der Waals surface area contributed by atoms with E-state index in [2.05, 4.69) is 10.3 Å². The smallest absolute Gasteiger partial charge is 0.252 e. The molecule has 0 saturated carbocycles. The second kappa shape index (κ2) is 7.87. The molecule has 0 spiro atoms. The molecule has 26 heavy (non-hydrogen) atoms. The summed E-state index contributed by atoms with van der Waals surface area (Å²) in [7, 11) is 1.63. The molecule has 0 radical (unpaired) electrons. The number of carbonyl (C=O) groups excluding carboxylic acids is 1. The van der Waals surface area contributed by atoms with Gasteiger partial charge in [-0.25, -0.2) is 4.98 Å². The third-order valence-electron chi connectivity index (χ3n) is 4.27. The van der Waals surface area contributed by atoms with Gasteiger partial charge >= 0.3 is 0 Å². The number of ether oxygens (including phenoxy) is 1. The Labute approximate surface area is 153 Å². The minimum Gasteiger partial charge on any atom is -0.497 e. The van der Waals surface area contributed by atoms with Crippen molar-refractivity contribution < 1.29 is 13.9 Å². The van der Waals surface area contributed by atoms with Crippen LogP contribution in [0.4, 0.5) is 0 Å². The quantitative estimate of drug-likeness (QED) is 0.708. The summed E-state index contributed by atoms with van der Waals surface area (Å²) < 4.78 is 11.1. The molecule has 0 fully saturated rings. The van der Waals surface area contributed by atoms with E-state index in [9.17, 15) is 4.79 Å². The highest BCUT2D eigenvalue weighted by atomic mass is 16.5. The fourth-order valence-electron chi connectivity index (χ4n) is 2.56. The number of amides is 1. The molecule has 3 rings (SSSR count). The van der Waals surface area contributed by atoms with Crippen LogP contribution >= 0.6 is 0 Å². The lowest BCUT2D eigenvalue weighted by molar-refractivity contribution is 0.0939. The number of hydrogen-bond acceptors (Lipinski definition) is 4. The van der Waals surface area contributed by atoms with E-state index in [0.29, 0.717) is 22.8 Å². The highest BCUT2D eigenvalue weighted by molar-refractivity contribution is 6.00. The van der Waals surface area contributed by atoms with Crippen molar-refractivity contribution in [3.63, 3.8) is 0 Å². The van der Waals surface area contributed by atoms with Crippen LogP contribution in [0.5, 0.6) is 5.75 Å². The number of rotatable bonds is 6. The molecule has 1 aromatic heterocycles. The fraction of sp³-hybridized carbons (Fsp3) is 0.238. The highest BCUT2D eigenvalue weighted by Gasteiger charge is 2.17. The molecule has 1 N–H and O–H groups in total. The molecule has 134 valence electrons. The zero-order chi connectivity index (χ0) is 18.5. The zero-order valence-electron chi connectivity index (χ0n) is 15.2. The molecule has 5 heteroatoms. The average Bonchev–Trinajstić information content (AvgIpc) is 3.18. The first kappa shape index (κ1) is 17.7. The predicted molar refractivity (Wildman–Crippen MR) is 101 cm³/mol. The van der Waals surface area contributed by atoms with Crippen LogP contribution in [0, 0.1) is 0 Å². The summed E-state index contributed by atoms with van der Waals surface area (Å²) in [6.45, 7) is 4.01. The Morgan fingerprint density at radius 2 is 1.92 bits per heavy atom. The number of oxazole rings is 1. The number of benzene rings is 2. The molecule has 0 aliphatic rings. The summed E-state index contributed by atoms with van der Waals surface area (Å²) in [5, 5.41) is 2.98. The van der Waals surface area contributed by atoms with E-state index in [1.54, 1.807) is 19.4 Å². The zero-order valence-corrected chi connectivity index (χ0v) is 15.2. The lowest BCUT2D eigenvalue weighted by Crippen LogP contribution is -2.32. The maximum atomic E-state index is 12.6. The summed E-state index contributed by atoms with van der Waals surface area (Å²) in [6, 6.07) is 15.0. The van der Waals surface area contributed by atoms with E-state index in [1.807, 2.05) is 56.3 Å². The summed E-state index contributed by atoms with van der Waals surface area (Å²) in [4.78, 5) is 16.9. The van der Waals surface area contributed by atoms with Crippen LogP contribution in [-0.2, 0) is 0 Å². The number of carbonyl (C=O) groups is 1. The van der Waals surface area contributed by atoms with Gasteiger partial charge in [-0.2, -0.15) is 0 Å².